The van der Waals surface area contributed by atoms with Gasteiger partial charge in [-0.3, -0.25) is 0 Å². The Hall–Kier alpha value is -2.30. The minimum atomic E-state index is -0.549. The van der Waals surface area contributed by atoms with Gasteiger partial charge in [-0.2, -0.15) is 0 Å². The van der Waals surface area contributed by atoms with Crippen molar-refractivity contribution in [3.05, 3.63) is 54.2 Å². The maximum absolute atomic E-state index is 11.9. The predicted molar refractivity (Wildman–Crippen MR) is 74.2 cm³/mol. The highest BCUT2D eigenvalue weighted by atomic mass is 16.6. The summed E-state index contributed by atoms with van der Waals surface area (Å²) in [6.07, 6.45) is 2.42. The number of carbonyl (C=O) groups excluding carboxylic acids is 1. The van der Waals surface area contributed by atoms with E-state index in [0.717, 1.165) is 5.56 Å². The number of oxazole rings is 1. The molecule has 0 spiro atoms. The summed E-state index contributed by atoms with van der Waals surface area (Å²) in [5.41, 5.74) is 0.349. The Morgan fingerprint density at radius 1 is 1.30 bits per heavy atom. The summed E-state index contributed by atoms with van der Waals surface area (Å²) < 4.78 is 10.6. The molecule has 0 aliphatic heterocycles. The molecule has 2 rings (SSSR count). The Labute approximate surface area is 118 Å². The molecule has 1 N–H and O–H groups in total. The molecule has 0 unspecified atom stereocenters. The summed E-state index contributed by atoms with van der Waals surface area (Å²) in [5, 5.41) is 2.80. The van der Waals surface area contributed by atoms with Crippen molar-refractivity contribution in [1.29, 1.82) is 0 Å². The molecule has 0 aliphatic rings. The number of hydrogen-bond acceptors (Lipinski definition) is 4. The second kappa shape index (κ2) is 5.77. The molecule has 1 atom stereocenters. The summed E-state index contributed by atoms with van der Waals surface area (Å²) in [4.78, 5) is 15.8. The molecule has 0 aliphatic carbocycles. The van der Waals surface area contributed by atoms with Crippen molar-refractivity contribution in [3.8, 4) is 0 Å². The van der Waals surface area contributed by atoms with E-state index in [1.807, 2.05) is 51.1 Å². The Morgan fingerprint density at radius 3 is 2.55 bits per heavy atom. The summed E-state index contributed by atoms with van der Waals surface area (Å²) in [6, 6.07) is 9.10. The van der Waals surface area contributed by atoms with Crippen LogP contribution in [0, 0.1) is 0 Å². The second-order valence-corrected chi connectivity index (χ2v) is 5.39. The Balaban J connectivity index is 2.19. The zero-order chi connectivity index (χ0) is 14.6. The van der Waals surface area contributed by atoms with Crippen molar-refractivity contribution in [2.45, 2.75) is 32.4 Å². The number of aromatic nitrogens is 1. The number of ether oxygens (including phenoxy) is 1. The maximum atomic E-state index is 11.9. The Bertz CT molecular complexity index is 544. The average Bonchev–Trinajstić information content (AvgIpc) is 2.88. The van der Waals surface area contributed by atoms with Gasteiger partial charge in [0.05, 0.1) is 6.20 Å². The third-order valence-electron chi connectivity index (χ3n) is 2.53. The van der Waals surface area contributed by atoms with Gasteiger partial charge in [-0.1, -0.05) is 30.3 Å². The van der Waals surface area contributed by atoms with Gasteiger partial charge in [0.1, 0.15) is 11.6 Å². The summed E-state index contributed by atoms with van der Waals surface area (Å²) in [6.45, 7) is 5.45. The van der Waals surface area contributed by atoms with Crippen molar-refractivity contribution in [2.75, 3.05) is 0 Å². The van der Waals surface area contributed by atoms with E-state index in [4.69, 9.17) is 9.15 Å². The van der Waals surface area contributed by atoms with E-state index >= 15 is 0 Å². The highest BCUT2D eigenvalue weighted by molar-refractivity contribution is 5.69. The minimum Gasteiger partial charge on any atom is -0.446 e. The molecule has 2 aromatic rings. The van der Waals surface area contributed by atoms with Crippen LogP contribution in [0.4, 0.5) is 4.79 Å². The van der Waals surface area contributed by atoms with Crippen LogP contribution >= 0.6 is 0 Å². The molecule has 1 aromatic heterocycles. The molecule has 0 bridgehead atoms. The molecular formula is C15H18N2O3. The van der Waals surface area contributed by atoms with E-state index in [0.29, 0.717) is 5.76 Å². The van der Waals surface area contributed by atoms with E-state index in [1.165, 1.54) is 6.39 Å². The van der Waals surface area contributed by atoms with Crippen molar-refractivity contribution >= 4 is 6.09 Å². The fraction of sp³-hybridized carbons (Fsp3) is 0.333. The van der Waals surface area contributed by atoms with Gasteiger partial charge in [0.25, 0.3) is 0 Å². The monoisotopic (exact) mass is 274 g/mol. The van der Waals surface area contributed by atoms with Gasteiger partial charge in [-0.25, -0.2) is 9.78 Å². The standard InChI is InChI=1S/C15H18N2O3/c1-15(2,3)20-14(18)17-13(12-9-16-10-19-12)11-7-5-4-6-8-11/h4-10,13H,1-3H3,(H,17,18)/t13-/m0/s1. The predicted octanol–water partition coefficient (Wildman–Crippen LogP) is 3.29. The lowest BCUT2D eigenvalue weighted by Crippen LogP contribution is -2.35. The van der Waals surface area contributed by atoms with E-state index < -0.39 is 17.7 Å². The number of nitrogens with zero attached hydrogens (tertiary/aromatic N) is 1. The van der Waals surface area contributed by atoms with E-state index in [1.54, 1.807) is 6.20 Å². The number of hydrogen-bond donors (Lipinski definition) is 1. The highest BCUT2D eigenvalue weighted by Crippen LogP contribution is 2.22. The van der Waals surface area contributed by atoms with Gasteiger partial charge in [-0.05, 0) is 26.3 Å². The van der Waals surface area contributed by atoms with Crippen LogP contribution in [0.5, 0.6) is 0 Å². The number of carbonyl (C=O) groups is 1. The molecule has 0 fully saturated rings. The molecule has 106 valence electrons. The van der Waals surface area contributed by atoms with Crippen molar-refractivity contribution < 1.29 is 13.9 Å². The van der Waals surface area contributed by atoms with Crippen LogP contribution in [0.3, 0.4) is 0 Å². The number of rotatable bonds is 3. The normalized spacial score (nSPS) is 12.8. The molecule has 0 radical (unpaired) electrons. The molecule has 1 amide bonds. The van der Waals surface area contributed by atoms with Gasteiger partial charge in [0.2, 0.25) is 0 Å². The number of benzene rings is 1. The second-order valence-electron chi connectivity index (χ2n) is 5.39. The van der Waals surface area contributed by atoms with Crippen molar-refractivity contribution in [1.82, 2.24) is 10.3 Å². The van der Waals surface area contributed by atoms with Crippen LogP contribution < -0.4 is 5.32 Å². The van der Waals surface area contributed by atoms with E-state index in [-0.39, 0.29) is 0 Å². The van der Waals surface area contributed by atoms with Gasteiger partial charge in [0.15, 0.2) is 12.2 Å². The van der Waals surface area contributed by atoms with Crippen molar-refractivity contribution in [3.63, 3.8) is 0 Å². The van der Waals surface area contributed by atoms with Crippen LogP contribution in [0.25, 0.3) is 0 Å². The van der Waals surface area contributed by atoms with E-state index in [9.17, 15) is 4.79 Å². The lowest BCUT2D eigenvalue weighted by molar-refractivity contribution is 0.0507. The summed E-state index contributed by atoms with van der Waals surface area (Å²) in [5.74, 6) is 0.557. The fourth-order valence-corrected chi connectivity index (χ4v) is 1.76. The first-order chi connectivity index (χ1) is 9.46. The third-order valence-corrected chi connectivity index (χ3v) is 2.53. The summed E-state index contributed by atoms with van der Waals surface area (Å²) in [7, 11) is 0. The zero-order valence-corrected chi connectivity index (χ0v) is 11.8. The Morgan fingerprint density at radius 2 is 2.00 bits per heavy atom. The van der Waals surface area contributed by atoms with E-state index in [2.05, 4.69) is 10.3 Å². The fourth-order valence-electron chi connectivity index (χ4n) is 1.76. The minimum absolute atomic E-state index is 0.423. The number of alkyl carbamates (subject to hydrolysis) is 1. The highest BCUT2D eigenvalue weighted by Gasteiger charge is 2.23. The van der Waals surface area contributed by atoms with Crippen LogP contribution in [0.2, 0.25) is 0 Å². The third kappa shape index (κ3) is 3.85. The maximum Gasteiger partial charge on any atom is 0.408 e. The lowest BCUT2D eigenvalue weighted by Gasteiger charge is -2.22. The van der Waals surface area contributed by atoms with Crippen LogP contribution in [0.15, 0.2) is 47.3 Å². The lowest BCUT2D eigenvalue weighted by atomic mass is 10.1. The molecular weight excluding hydrogens is 256 g/mol. The molecule has 0 saturated carbocycles. The summed E-state index contributed by atoms with van der Waals surface area (Å²) >= 11 is 0. The molecule has 20 heavy (non-hydrogen) atoms. The van der Waals surface area contributed by atoms with Gasteiger partial charge in [0, 0.05) is 0 Å². The molecule has 0 saturated heterocycles. The molecule has 5 nitrogen and oxygen atoms in total. The topological polar surface area (TPSA) is 64.4 Å². The first-order valence-corrected chi connectivity index (χ1v) is 6.38. The van der Waals surface area contributed by atoms with Gasteiger partial charge in [-0.15, -0.1) is 0 Å². The van der Waals surface area contributed by atoms with Crippen LogP contribution in [0.1, 0.15) is 38.1 Å². The number of amides is 1. The largest absolute Gasteiger partial charge is 0.446 e. The van der Waals surface area contributed by atoms with Crippen LogP contribution in [-0.4, -0.2) is 16.7 Å². The Kier molecular flexibility index (Phi) is 4.08. The van der Waals surface area contributed by atoms with Gasteiger partial charge < -0.3 is 14.5 Å². The zero-order valence-electron chi connectivity index (χ0n) is 11.8. The van der Waals surface area contributed by atoms with Crippen molar-refractivity contribution in [2.24, 2.45) is 0 Å². The quantitative estimate of drug-likeness (QED) is 0.932. The number of nitrogens with one attached hydrogen (secondary N) is 1. The molecule has 1 aromatic carbocycles. The SMILES string of the molecule is CC(C)(C)OC(=O)N[C@@H](c1ccccc1)c1cnco1. The smallest absolute Gasteiger partial charge is 0.408 e. The van der Waals surface area contributed by atoms with Crippen LogP contribution in [-0.2, 0) is 4.74 Å². The molecule has 5 heteroatoms. The van der Waals surface area contributed by atoms with Gasteiger partial charge >= 0.3 is 6.09 Å². The first-order valence-electron chi connectivity index (χ1n) is 6.38. The first kappa shape index (κ1) is 14.1. The average molecular weight is 274 g/mol. The molecule has 1 heterocycles.